The van der Waals surface area contributed by atoms with Crippen molar-refractivity contribution in [2.24, 2.45) is 4.99 Å². The Morgan fingerprint density at radius 2 is 1.80 bits per heavy atom. The van der Waals surface area contributed by atoms with E-state index in [0.29, 0.717) is 18.8 Å². The maximum atomic E-state index is 5.91. The van der Waals surface area contributed by atoms with Gasteiger partial charge in [0, 0.05) is 23.7 Å². The first-order chi connectivity index (χ1) is 12.2. The molecule has 0 aliphatic carbocycles. The minimum Gasteiger partial charge on any atom is -0.493 e. The van der Waals surface area contributed by atoms with E-state index >= 15 is 0 Å². The highest BCUT2D eigenvalue weighted by molar-refractivity contribution is 6.30. The van der Waals surface area contributed by atoms with Crippen molar-refractivity contribution in [3.8, 4) is 11.5 Å². The van der Waals surface area contributed by atoms with Crippen molar-refractivity contribution in [3.05, 3.63) is 58.6 Å². The molecule has 5 nitrogen and oxygen atoms in total. The Morgan fingerprint density at radius 3 is 2.44 bits per heavy atom. The van der Waals surface area contributed by atoms with E-state index in [1.54, 1.807) is 14.2 Å². The molecule has 0 aliphatic heterocycles. The van der Waals surface area contributed by atoms with Gasteiger partial charge in [0.25, 0.3) is 0 Å². The van der Waals surface area contributed by atoms with E-state index in [4.69, 9.17) is 21.1 Å². The van der Waals surface area contributed by atoms with Gasteiger partial charge < -0.3 is 20.1 Å². The summed E-state index contributed by atoms with van der Waals surface area (Å²) < 4.78 is 10.8. The zero-order chi connectivity index (χ0) is 18.1. The Labute approximate surface area is 154 Å². The highest BCUT2D eigenvalue weighted by atomic mass is 35.5. The molecule has 25 heavy (non-hydrogen) atoms. The van der Waals surface area contributed by atoms with Crippen molar-refractivity contribution < 1.29 is 9.47 Å². The average molecular weight is 362 g/mol. The van der Waals surface area contributed by atoms with Crippen LogP contribution in [0.2, 0.25) is 5.02 Å². The van der Waals surface area contributed by atoms with Gasteiger partial charge in [0.2, 0.25) is 0 Å². The van der Waals surface area contributed by atoms with E-state index in [-0.39, 0.29) is 0 Å². The van der Waals surface area contributed by atoms with E-state index in [0.717, 1.165) is 34.4 Å². The normalized spacial score (nSPS) is 11.1. The lowest BCUT2D eigenvalue weighted by Crippen LogP contribution is -2.36. The molecule has 0 aliphatic rings. The van der Waals surface area contributed by atoms with Crippen LogP contribution in [0.1, 0.15) is 18.1 Å². The standard InChI is InChI=1S/C19H24ClN3O2/c1-4-21-19(22-12-14-8-10-16(20)11-9-14)23-13-15-6-5-7-17(24-2)18(15)25-3/h5-11H,4,12-13H2,1-3H3,(H2,21,22,23). The fourth-order valence-electron chi connectivity index (χ4n) is 2.37. The summed E-state index contributed by atoms with van der Waals surface area (Å²) in [5.41, 5.74) is 2.10. The first kappa shape index (κ1) is 18.9. The largest absolute Gasteiger partial charge is 0.493 e. The van der Waals surface area contributed by atoms with Gasteiger partial charge in [0.1, 0.15) is 0 Å². The molecule has 0 radical (unpaired) electrons. The average Bonchev–Trinajstić information content (AvgIpc) is 2.64. The fraction of sp³-hybridized carbons (Fsp3) is 0.316. The lowest BCUT2D eigenvalue weighted by atomic mass is 10.2. The molecule has 134 valence electrons. The quantitative estimate of drug-likeness (QED) is 0.584. The van der Waals surface area contributed by atoms with Gasteiger partial charge in [-0.2, -0.15) is 0 Å². The fourth-order valence-corrected chi connectivity index (χ4v) is 2.50. The predicted molar refractivity (Wildman–Crippen MR) is 103 cm³/mol. The minimum absolute atomic E-state index is 0.571. The van der Waals surface area contributed by atoms with Crippen molar-refractivity contribution in [2.45, 2.75) is 20.0 Å². The van der Waals surface area contributed by atoms with Gasteiger partial charge in [-0.15, -0.1) is 0 Å². The summed E-state index contributed by atoms with van der Waals surface area (Å²) in [6.45, 7) is 3.96. The smallest absolute Gasteiger partial charge is 0.191 e. The molecule has 0 saturated carbocycles. The van der Waals surface area contributed by atoms with Crippen LogP contribution >= 0.6 is 11.6 Å². The van der Waals surface area contributed by atoms with Crippen LogP contribution in [0.5, 0.6) is 11.5 Å². The third-order valence-electron chi connectivity index (χ3n) is 3.61. The number of nitrogens with one attached hydrogen (secondary N) is 2. The van der Waals surface area contributed by atoms with Crippen molar-refractivity contribution in [1.29, 1.82) is 0 Å². The highest BCUT2D eigenvalue weighted by Crippen LogP contribution is 2.30. The molecule has 2 N–H and O–H groups in total. The summed E-state index contributed by atoms with van der Waals surface area (Å²) in [4.78, 5) is 4.61. The van der Waals surface area contributed by atoms with Gasteiger partial charge in [-0.1, -0.05) is 35.9 Å². The van der Waals surface area contributed by atoms with Gasteiger partial charge in [-0.3, -0.25) is 0 Å². The number of halogens is 1. The number of guanidine groups is 1. The third-order valence-corrected chi connectivity index (χ3v) is 3.86. The summed E-state index contributed by atoms with van der Waals surface area (Å²) in [5, 5.41) is 7.29. The van der Waals surface area contributed by atoms with Gasteiger partial charge >= 0.3 is 0 Å². The molecular weight excluding hydrogens is 338 g/mol. The lowest BCUT2D eigenvalue weighted by molar-refractivity contribution is 0.351. The first-order valence-electron chi connectivity index (χ1n) is 8.14. The molecule has 0 atom stereocenters. The molecule has 0 aromatic heterocycles. The summed E-state index contributed by atoms with van der Waals surface area (Å²) in [5.74, 6) is 2.18. The predicted octanol–water partition coefficient (Wildman–Crippen LogP) is 3.61. The Bertz CT molecular complexity index is 702. The molecule has 6 heteroatoms. The van der Waals surface area contributed by atoms with Crippen molar-refractivity contribution in [1.82, 2.24) is 10.6 Å². The number of nitrogens with zero attached hydrogens (tertiary/aromatic N) is 1. The number of ether oxygens (including phenoxy) is 2. The molecule has 2 aromatic carbocycles. The number of methoxy groups -OCH3 is 2. The molecule has 0 unspecified atom stereocenters. The summed E-state index contributed by atoms with van der Waals surface area (Å²) in [6, 6.07) is 13.5. The molecule has 2 aromatic rings. The second-order valence-electron chi connectivity index (χ2n) is 5.33. The highest BCUT2D eigenvalue weighted by Gasteiger charge is 2.09. The van der Waals surface area contributed by atoms with Crippen LogP contribution in [-0.4, -0.2) is 26.7 Å². The number of rotatable bonds is 7. The molecule has 0 amide bonds. The summed E-state index contributed by atoms with van der Waals surface area (Å²) in [6.07, 6.45) is 0. The monoisotopic (exact) mass is 361 g/mol. The van der Waals surface area contributed by atoms with Crippen LogP contribution in [0.15, 0.2) is 47.5 Å². The Kier molecular flexibility index (Phi) is 7.41. The van der Waals surface area contributed by atoms with Crippen molar-refractivity contribution in [2.75, 3.05) is 20.8 Å². The number of benzene rings is 2. The van der Waals surface area contributed by atoms with Gasteiger partial charge in [-0.25, -0.2) is 4.99 Å². The summed E-state index contributed by atoms with van der Waals surface area (Å²) in [7, 11) is 3.27. The van der Waals surface area contributed by atoms with Crippen molar-refractivity contribution >= 4 is 17.6 Å². The summed E-state index contributed by atoms with van der Waals surface area (Å²) >= 11 is 5.91. The maximum absolute atomic E-state index is 5.91. The van der Waals surface area contributed by atoms with Crippen LogP contribution in [0, 0.1) is 0 Å². The third kappa shape index (κ3) is 5.57. The number of para-hydroxylation sites is 1. The van der Waals surface area contributed by atoms with Gasteiger partial charge in [-0.05, 0) is 30.7 Å². The number of aliphatic imine (C=N–C) groups is 1. The minimum atomic E-state index is 0.571. The van der Waals surface area contributed by atoms with Gasteiger partial charge in [0.15, 0.2) is 17.5 Å². The van der Waals surface area contributed by atoms with E-state index in [1.807, 2.05) is 49.4 Å². The van der Waals surface area contributed by atoms with E-state index in [1.165, 1.54) is 0 Å². The molecule has 0 fully saturated rings. The maximum Gasteiger partial charge on any atom is 0.191 e. The Morgan fingerprint density at radius 1 is 1.04 bits per heavy atom. The van der Waals surface area contributed by atoms with E-state index in [9.17, 15) is 0 Å². The molecule has 0 heterocycles. The van der Waals surface area contributed by atoms with E-state index < -0.39 is 0 Å². The van der Waals surface area contributed by atoms with Crippen LogP contribution in [-0.2, 0) is 13.1 Å². The van der Waals surface area contributed by atoms with E-state index in [2.05, 4.69) is 15.6 Å². The second kappa shape index (κ2) is 9.79. The lowest BCUT2D eigenvalue weighted by Gasteiger charge is -2.15. The molecule has 2 rings (SSSR count). The molecular formula is C19H24ClN3O2. The number of hydrogen-bond acceptors (Lipinski definition) is 3. The van der Waals surface area contributed by atoms with Crippen LogP contribution in [0.25, 0.3) is 0 Å². The first-order valence-corrected chi connectivity index (χ1v) is 8.52. The Hall–Kier alpha value is -2.40. The molecule has 0 bridgehead atoms. The van der Waals surface area contributed by atoms with Crippen LogP contribution in [0.3, 0.4) is 0 Å². The topological polar surface area (TPSA) is 54.9 Å². The molecule has 0 saturated heterocycles. The van der Waals surface area contributed by atoms with Gasteiger partial charge in [0.05, 0.1) is 20.8 Å². The zero-order valence-corrected chi connectivity index (χ0v) is 15.6. The van der Waals surface area contributed by atoms with Crippen LogP contribution < -0.4 is 20.1 Å². The zero-order valence-electron chi connectivity index (χ0n) is 14.8. The van der Waals surface area contributed by atoms with Crippen LogP contribution in [0.4, 0.5) is 0 Å². The SMILES string of the molecule is CCNC(=NCc1ccc(Cl)cc1)NCc1cccc(OC)c1OC. The van der Waals surface area contributed by atoms with Crippen molar-refractivity contribution in [3.63, 3.8) is 0 Å². The molecule has 0 spiro atoms. The second-order valence-corrected chi connectivity index (χ2v) is 5.76. The Balaban J connectivity index is 2.06. The number of hydrogen-bond donors (Lipinski definition) is 2.